The lowest BCUT2D eigenvalue weighted by Gasteiger charge is -2.39. The molecule has 1 aliphatic carbocycles. The molecule has 0 aromatic heterocycles. The van der Waals surface area contributed by atoms with Gasteiger partial charge < -0.3 is 10.1 Å². The minimum atomic E-state index is 0.738. The minimum absolute atomic E-state index is 0.738. The molecule has 0 bridgehead atoms. The summed E-state index contributed by atoms with van der Waals surface area (Å²) >= 11 is 0. The Labute approximate surface area is 130 Å². The topological polar surface area (TPSA) is 27.7 Å². The van der Waals surface area contributed by atoms with Crippen LogP contribution in [0.1, 0.15) is 45.4 Å². The van der Waals surface area contributed by atoms with Gasteiger partial charge in [0.1, 0.15) is 0 Å². The molecule has 4 heteroatoms. The van der Waals surface area contributed by atoms with Crippen LogP contribution in [0.15, 0.2) is 0 Å². The van der Waals surface area contributed by atoms with E-state index >= 15 is 0 Å². The summed E-state index contributed by atoms with van der Waals surface area (Å²) in [4.78, 5) is 5.47. The largest absolute Gasteiger partial charge is 0.379 e. The van der Waals surface area contributed by atoms with Crippen LogP contribution >= 0.6 is 0 Å². The second-order valence-corrected chi connectivity index (χ2v) is 7.00. The van der Waals surface area contributed by atoms with E-state index in [9.17, 15) is 0 Å². The first-order valence-electron chi connectivity index (χ1n) is 9.17. The number of rotatable bonds is 5. The zero-order chi connectivity index (χ0) is 14.5. The number of nitrogens with zero attached hydrogens (tertiary/aromatic N) is 2. The standard InChI is InChI=1S/C17H33N3O/c1-2-8-18-16-5-3-4-6-17(16)20-9-7-15(14-20)19-10-12-21-13-11-19/h15-18H,2-14H2,1H3. The third kappa shape index (κ3) is 3.98. The zero-order valence-electron chi connectivity index (χ0n) is 13.7. The molecule has 0 radical (unpaired) electrons. The van der Waals surface area contributed by atoms with Crippen LogP contribution in [0.4, 0.5) is 0 Å². The number of nitrogens with one attached hydrogen (secondary N) is 1. The van der Waals surface area contributed by atoms with Gasteiger partial charge in [-0.1, -0.05) is 19.8 Å². The molecule has 2 saturated heterocycles. The van der Waals surface area contributed by atoms with Crippen molar-refractivity contribution in [1.29, 1.82) is 0 Å². The maximum absolute atomic E-state index is 5.50. The molecular weight excluding hydrogens is 262 g/mol. The van der Waals surface area contributed by atoms with Crippen LogP contribution in [0.25, 0.3) is 0 Å². The number of hydrogen-bond acceptors (Lipinski definition) is 4. The third-order valence-corrected chi connectivity index (χ3v) is 5.61. The second-order valence-electron chi connectivity index (χ2n) is 7.00. The highest BCUT2D eigenvalue weighted by atomic mass is 16.5. The highest BCUT2D eigenvalue weighted by Gasteiger charge is 2.36. The lowest BCUT2D eigenvalue weighted by molar-refractivity contribution is 0.0165. The molecule has 0 amide bonds. The van der Waals surface area contributed by atoms with Gasteiger partial charge >= 0.3 is 0 Å². The fourth-order valence-corrected chi connectivity index (χ4v) is 4.43. The summed E-state index contributed by atoms with van der Waals surface area (Å²) in [6.07, 6.45) is 8.23. The first-order chi connectivity index (χ1) is 10.4. The quantitative estimate of drug-likeness (QED) is 0.835. The molecule has 1 saturated carbocycles. The highest BCUT2D eigenvalue weighted by molar-refractivity contribution is 4.94. The Kier molecular flexibility index (Phi) is 5.92. The summed E-state index contributed by atoms with van der Waals surface area (Å²) in [5.41, 5.74) is 0. The summed E-state index contributed by atoms with van der Waals surface area (Å²) < 4.78 is 5.50. The third-order valence-electron chi connectivity index (χ3n) is 5.61. The van der Waals surface area contributed by atoms with Crippen molar-refractivity contribution in [2.45, 2.75) is 63.6 Å². The average molecular weight is 295 g/mol. The highest BCUT2D eigenvalue weighted by Crippen LogP contribution is 2.28. The maximum Gasteiger partial charge on any atom is 0.0594 e. The second kappa shape index (κ2) is 7.91. The van der Waals surface area contributed by atoms with Gasteiger partial charge in [0.15, 0.2) is 0 Å². The number of morpholine rings is 1. The Morgan fingerprint density at radius 3 is 2.62 bits per heavy atom. The maximum atomic E-state index is 5.50. The van der Waals surface area contributed by atoms with Crippen LogP contribution in [0.2, 0.25) is 0 Å². The van der Waals surface area contributed by atoms with Gasteiger partial charge in [0.05, 0.1) is 13.2 Å². The molecule has 3 unspecified atom stereocenters. The summed E-state index contributed by atoms with van der Waals surface area (Å²) in [7, 11) is 0. The smallest absolute Gasteiger partial charge is 0.0594 e. The van der Waals surface area contributed by atoms with E-state index in [-0.39, 0.29) is 0 Å². The van der Waals surface area contributed by atoms with Crippen LogP contribution in [0, 0.1) is 0 Å². The Balaban J connectivity index is 1.53. The first kappa shape index (κ1) is 15.7. The fourth-order valence-electron chi connectivity index (χ4n) is 4.43. The van der Waals surface area contributed by atoms with E-state index in [1.807, 2.05) is 0 Å². The molecule has 0 spiro atoms. The van der Waals surface area contributed by atoms with Gasteiger partial charge in [0, 0.05) is 44.3 Å². The van der Waals surface area contributed by atoms with Crippen molar-refractivity contribution in [2.75, 3.05) is 45.9 Å². The predicted octanol–water partition coefficient (Wildman–Crippen LogP) is 1.70. The summed E-state index contributed by atoms with van der Waals surface area (Å²) in [6.45, 7) is 10.2. The van der Waals surface area contributed by atoms with Crippen molar-refractivity contribution in [3.63, 3.8) is 0 Å². The van der Waals surface area contributed by atoms with E-state index in [0.29, 0.717) is 0 Å². The lowest BCUT2D eigenvalue weighted by atomic mass is 9.89. The van der Waals surface area contributed by atoms with E-state index < -0.39 is 0 Å². The van der Waals surface area contributed by atoms with E-state index in [0.717, 1.165) is 44.4 Å². The molecule has 1 N–H and O–H groups in total. The van der Waals surface area contributed by atoms with Gasteiger partial charge in [-0.05, 0) is 32.2 Å². The van der Waals surface area contributed by atoms with Crippen molar-refractivity contribution < 1.29 is 4.74 Å². The predicted molar refractivity (Wildman–Crippen MR) is 86.7 cm³/mol. The minimum Gasteiger partial charge on any atom is -0.379 e. The van der Waals surface area contributed by atoms with Crippen molar-refractivity contribution in [2.24, 2.45) is 0 Å². The summed E-state index contributed by atoms with van der Waals surface area (Å²) in [5.74, 6) is 0. The molecule has 0 aromatic carbocycles. The van der Waals surface area contributed by atoms with Crippen molar-refractivity contribution >= 4 is 0 Å². The van der Waals surface area contributed by atoms with Gasteiger partial charge in [0.25, 0.3) is 0 Å². The van der Waals surface area contributed by atoms with E-state index in [1.165, 1.54) is 58.2 Å². The van der Waals surface area contributed by atoms with Crippen molar-refractivity contribution in [1.82, 2.24) is 15.1 Å². The number of hydrogen-bond donors (Lipinski definition) is 1. The van der Waals surface area contributed by atoms with Crippen LogP contribution < -0.4 is 5.32 Å². The fraction of sp³-hybridized carbons (Fsp3) is 1.00. The van der Waals surface area contributed by atoms with Gasteiger partial charge in [-0.2, -0.15) is 0 Å². The molecule has 3 aliphatic rings. The summed E-state index contributed by atoms with van der Waals surface area (Å²) in [6, 6.07) is 2.31. The van der Waals surface area contributed by atoms with E-state index in [1.54, 1.807) is 0 Å². The van der Waals surface area contributed by atoms with Crippen molar-refractivity contribution in [3.8, 4) is 0 Å². The Bertz CT molecular complexity index is 306. The number of ether oxygens (including phenoxy) is 1. The summed E-state index contributed by atoms with van der Waals surface area (Å²) in [5, 5.41) is 3.82. The Hall–Kier alpha value is -0.160. The van der Waals surface area contributed by atoms with E-state index in [4.69, 9.17) is 4.74 Å². The van der Waals surface area contributed by atoms with E-state index in [2.05, 4.69) is 22.0 Å². The SMILES string of the molecule is CCCNC1CCCCC1N1CCC(N2CCOCC2)C1. The monoisotopic (exact) mass is 295 g/mol. The first-order valence-corrected chi connectivity index (χ1v) is 9.17. The number of likely N-dealkylation sites (tertiary alicyclic amines) is 1. The van der Waals surface area contributed by atoms with Gasteiger partial charge in [-0.15, -0.1) is 0 Å². The molecular formula is C17H33N3O. The molecule has 2 heterocycles. The molecule has 3 atom stereocenters. The average Bonchev–Trinajstić information content (AvgIpc) is 3.04. The molecule has 0 aromatic rings. The van der Waals surface area contributed by atoms with Crippen LogP contribution in [0.5, 0.6) is 0 Å². The normalized spacial score (nSPS) is 36.1. The molecule has 3 fully saturated rings. The Morgan fingerprint density at radius 2 is 1.81 bits per heavy atom. The molecule has 2 aliphatic heterocycles. The van der Waals surface area contributed by atoms with Crippen molar-refractivity contribution in [3.05, 3.63) is 0 Å². The van der Waals surface area contributed by atoms with Crippen LogP contribution in [-0.4, -0.2) is 73.9 Å². The zero-order valence-corrected chi connectivity index (χ0v) is 13.7. The molecule has 3 rings (SSSR count). The van der Waals surface area contributed by atoms with Gasteiger partial charge in [0.2, 0.25) is 0 Å². The van der Waals surface area contributed by atoms with Crippen LogP contribution in [-0.2, 0) is 4.74 Å². The van der Waals surface area contributed by atoms with Gasteiger partial charge in [-0.3, -0.25) is 9.80 Å². The lowest BCUT2D eigenvalue weighted by Crippen LogP contribution is -2.52. The molecule has 4 nitrogen and oxygen atoms in total. The Morgan fingerprint density at radius 1 is 1.00 bits per heavy atom. The van der Waals surface area contributed by atoms with Gasteiger partial charge in [-0.25, -0.2) is 0 Å². The molecule has 21 heavy (non-hydrogen) atoms. The van der Waals surface area contributed by atoms with Crippen LogP contribution in [0.3, 0.4) is 0 Å². The molecule has 122 valence electrons.